The fourth-order valence-corrected chi connectivity index (χ4v) is 4.54. The van der Waals surface area contributed by atoms with Gasteiger partial charge in [0.05, 0.1) is 4.90 Å². The van der Waals surface area contributed by atoms with Gasteiger partial charge in [0.25, 0.3) is 0 Å². The van der Waals surface area contributed by atoms with E-state index in [1.54, 1.807) is 11.0 Å². The monoisotopic (exact) mass is 415 g/mol. The summed E-state index contributed by atoms with van der Waals surface area (Å²) in [7, 11) is -3.71. The van der Waals surface area contributed by atoms with Crippen molar-refractivity contribution in [3.8, 4) is 0 Å². The molecule has 1 fully saturated rings. The number of benzene rings is 2. The first-order valence-corrected chi connectivity index (χ1v) is 10.5. The molecule has 0 bridgehead atoms. The van der Waals surface area contributed by atoms with Gasteiger partial charge in [0, 0.05) is 38.3 Å². The Morgan fingerprint density at radius 2 is 1.72 bits per heavy atom. The Hall–Kier alpha value is -3.04. The van der Waals surface area contributed by atoms with E-state index in [-0.39, 0.29) is 37.0 Å². The van der Waals surface area contributed by atoms with E-state index in [0.29, 0.717) is 17.0 Å². The normalized spacial score (nSPS) is 16.0. The molecule has 0 radical (unpaired) electrons. The van der Waals surface area contributed by atoms with Gasteiger partial charge in [0.1, 0.15) is 11.3 Å². The van der Waals surface area contributed by atoms with Gasteiger partial charge in [-0.15, -0.1) is 0 Å². The maximum Gasteiger partial charge on any atom is 0.246 e. The zero-order valence-electron chi connectivity index (χ0n) is 15.4. The lowest BCUT2D eigenvalue weighted by Crippen LogP contribution is -2.50. The number of hydrogen-bond donors (Lipinski definition) is 0. The molecular formula is C20H18FN3O4S. The Kier molecular flexibility index (Phi) is 5.16. The quantitative estimate of drug-likeness (QED) is 0.612. The molecule has 0 atom stereocenters. The summed E-state index contributed by atoms with van der Waals surface area (Å²) in [5.74, 6) is -0.409. The molecule has 0 unspecified atom stereocenters. The van der Waals surface area contributed by atoms with Crippen molar-refractivity contribution >= 4 is 33.1 Å². The predicted molar refractivity (Wildman–Crippen MR) is 105 cm³/mol. The highest BCUT2D eigenvalue weighted by Gasteiger charge is 2.29. The smallest absolute Gasteiger partial charge is 0.246 e. The summed E-state index contributed by atoms with van der Waals surface area (Å²) in [6.45, 7) is 0.860. The van der Waals surface area contributed by atoms with Crippen LogP contribution in [0.1, 0.15) is 5.89 Å². The summed E-state index contributed by atoms with van der Waals surface area (Å²) in [4.78, 5) is 18.3. The third-order valence-electron chi connectivity index (χ3n) is 4.68. The number of aromatic nitrogens is 1. The van der Waals surface area contributed by atoms with Crippen LogP contribution < -0.4 is 0 Å². The second-order valence-electron chi connectivity index (χ2n) is 6.54. The molecule has 2 heterocycles. The highest BCUT2D eigenvalue weighted by Crippen LogP contribution is 2.19. The van der Waals surface area contributed by atoms with Crippen LogP contribution in [0.2, 0.25) is 0 Å². The molecule has 0 aliphatic carbocycles. The first-order chi connectivity index (χ1) is 13.9. The van der Waals surface area contributed by atoms with E-state index in [0.717, 1.165) is 12.1 Å². The topological polar surface area (TPSA) is 83.7 Å². The number of carbonyl (C=O) groups excluding carboxylic acids is 1. The average molecular weight is 415 g/mol. The zero-order chi connectivity index (χ0) is 20.4. The van der Waals surface area contributed by atoms with Crippen molar-refractivity contribution in [2.24, 2.45) is 0 Å². The molecule has 0 saturated carbocycles. The number of fused-ring (bicyclic) bond motifs is 1. The van der Waals surface area contributed by atoms with Gasteiger partial charge in [0.15, 0.2) is 5.58 Å². The number of carbonyl (C=O) groups is 1. The number of hydrogen-bond acceptors (Lipinski definition) is 5. The van der Waals surface area contributed by atoms with Crippen LogP contribution in [-0.4, -0.2) is 54.7 Å². The summed E-state index contributed by atoms with van der Waals surface area (Å²) in [5.41, 5.74) is 1.35. The fourth-order valence-electron chi connectivity index (χ4n) is 3.11. The fraction of sp³-hybridized carbons (Fsp3) is 0.200. The molecule has 3 aromatic rings. The van der Waals surface area contributed by atoms with Crippen LogP contribution in [0.15, 0.2) is 63.9 Å². The Morgan fingerprint density at radius 3 is 2.41 bits per heavy atom. The second kappa shape index (κ2) is 7.76. The molecule has 0 spiro atoms. The first kappa shape index (κ1) is 19.3. The summed E-state index contributed by atoms with van der Waals surface area (Å²) < 4.78 is 45.2. The number of piperazine rings is 1. The molecule has 1 aliphatic heterocycles. The van der Waals surface area contributed by atoms with Crippen LogP contribution in [0.4, 0.5) is 4.39 Å². The van der Waals surface area contributed by atoms with Crippen molar-refractivity contribution in [3.63, 3.8) is 0 Å². The summed E-state index contributed by atoms with van der Waals surface area (Å²) in [6, 6.07) is 12.0. The predicted octanol–water partition coefficient (Wildman–Crippen LogP) is 2.51. The lowest BCUT2D eigenvalue weighted by atomic mass is 10.3. The molecule has 7 nitrogen and oxygen atoms in total. The highest BCUT2D eigenvalue weighted by atomic mass is 32.2. The van der Waals surface area contributed by atoms with Crippen molar-refractivity contribution in [1.82, 2.24) is 14.2 Å². The average Bonchev–Trinajstić information content (AvgIpc) is 3.15. The molecule has 2 aromatic carbocycles. The van der Waals surface area contributed by atoms with Gasteiger partial charge in [-0.2, -0.15) is 4.31 Å². The van der Waals surface area contributed by atoms with Crippen LogP contribution in [0.3, 0.4) is 0 Å². The van der Waals surface area contributed by atoms with E-state index in [4.69, 9.17) is 4.42 Å². The molecule has 29 heavy (non-hydrogen) atoms. The van der Waals surface area contributed by atoms with Crippen LogP contribution in [-0.2, 0) is 14.8 Å². The van der Waals surface area contributed by atoms with Crippen molar-refractivity contribution in [2.45, 2.75) is 4.90 Å². The Labute approximate surface area is 167 Å². The molecule has 1 aromatic heterocycles. The largest absolute Gasteiger partial charge is 0.437 e. The first-order valence-electron chi connectivity index (χ1n) is 9.02. The number of amides is 1. The summed E-state index contributed by atoms with van der Waals surface area (Å²) in [6.07, 6.45) is 2.87. The van der Waals surface area contributed by atoms with Gasteiger partial charge in [-0.1, -0.05) is 12.1 Å². The minimum atomic E-state index is -3.71. The van der Waals surface area contributed by atoms with Crippen LogP contribution in [0, 0.1) is 5.82 Å². The van der Waals surface area contributed by atoms with Gasteiger partial charge in [0.2, 0.25) is 21.8 Å². The van der Waals surface area contributed by atoms with Crippen molar-refractivity contribution in [1.29, 1.82) is 0 Å². The van der Waals surface area contributed by atoms with Gasteiger partial charge >= 0.3 is 0 Å². The van der Waals surface area contributed by atoms with E-state index in [2.05, 4.69) is 4.98 Å². The maximum absolute atomic E-state index is 13.0. The minimum absolute atomic E-state index is 0.0366. The van der Waals surface area contributed by atoms with E-state index in [1.165, 1.54) is 28.6 Å². The number of oxazole rings is 1. The Morgan fingerprint density at radius 1 is 1.03 bits per heavy atom. The Bertz CT molecular complexity index is 1130. The van der Waals surface area contributed by atoms with Crippen LogP contribution >= 0.6 is 0 Å². The van der Waals surface area contributed by atoms with E-state index < -0.39 is 15.8 Å². The van der Waals surface area contributed by atoms with Gasteiger partial charge in [-0.05, 0) is 36.4 Å². The third-order valence-corrected chi connectivity index (χ3v) is 6.59. The van der Waals surface area contributed by atoms with Crippen LogP contribution in [0.5, 0.6) is 0 Å². The van der Waals surface area contributed by atoms with E-state index in [1.807, 2.05) is 18.2 Å². The van der Waals surface area contributed by atoms with Gasteiger partial charge in [-0.25, -0.2) is 17.8 Å². The number of sulfonamides is 1. The summed E-state index contributed by atoms with van der Waals surface area (Å²) >= 11 is 0. The molecule has 1 aliphatic rings. The maximum atomic E-state index is 13.0. The molecule has 1 saturated heterocycles. The molecule has 4 rings (SSSR count). The lowest BCUT2D eigenvalue weighted by Gasteiger charge is -2.33. The van der Waals surface area contributed by atoms with E-state index in [9.17, 15) is 17.6 Å². The zero-order valence-corrected chi connectivity index (χ0v) is 16.2. The minimum Gasteiger partial charge on any atom is -0.437 e. The van der Waals surface area contributed by atoms with E-state index >= 15 is 0 Å². The van der Waals surface area contributed by atoms with Gasteiger partial charge < -0.3 is 9.32 Å². The van der Waals surface area contributed by atoms with Crippen LogP contribution in [0.25, 0.3) is 17.2 Å². The SMILES string of the molecule is O=C(/C=C/c1nc2ccccc2o1)N1CCN(S(=O)(=O)c2ccc(F)cc2)CC1. The number of para-hydroxylation sites is 2. The van der Waals surface area contributed by atoms with Crippen molar-refractivity contribution < 1.29 is 22.0 Å². The standard InChI is InChI=1S/C20H18FN3O4S/c21-15-5-7-16(8-6-15)29(26,27)24-13-11-23(12-14-24)20(25)10-9-19-22-17-3-1-2-4-18(17)28-19/h1-10H,11-14H2/b10-9+. The molecule has 0 N–H and O–H groups in total. The summed E-state index contributed by atoms with van der Waals surface area (Å²) in [5, 5.41) is 0. The molecular weight excluding hydrogens is 397 g/mol. The molecule has 150 valence electrons. The molecule has 1 amide bonds. The number of halogens is 1. The van der Waals surface area contributed by atoms with Gasteiger partial charge in [-0.3, -0.25) is 4.79 Å². The number of nitrogens with zero attached hydrogens (tertiary/aromatic N) is 3. The highest BCUT2D eigenvalue weighted by molar-refractivity contribution is 7.89. The van der Waals surface area contributed by atoms with Crippen molar-refractivity contribution in [3.05, 3.63) is 66.3 Å². The molecule has 9 heteroatoms. The Balaban J connectivity index is 1.38. The third kappa shape index (κ3) is 4.06. The lowest BCUT2D eigenvalue weighted by molar-refractivity contribution is -0.127. The second-order valence-corrected chi connectivity index (χ2v) is 8.47. The number of rotatable bonds is 4. The van der Waals surface area contributed by atoms with Crippen molar-refractivity contribution in [2.75, 3.05) is 26.2 Å².